The van der Waals surface area contributed by atoms with E-state index < -0.39 is 0 Å². The Hall–Kier alpha value is -2.12. The molecule has 0 unspecified atom stereocenters. The van der Waals surface area contributed by atoms with Crippen LogP contribution in [-0.4, -0.2) is 33.9 Å². The van der Waals surface area contributed by atoms with E-state index in [9.17, 15) is 4.79 Å². The molecule has 2 aromatic carbocycles. The smallest absolute Gasteiger partial charge is 0.237 e. The van der Waals surface area contributed by atoms with Gasteiger partial charge in [-0.2, -0.15) is 0 Å². The second kappa shape index (κ2) is 7.63. The Labute approximate surface area is 152 Å². The summed E-state index contributed by atoms with van der Waals surface area (Å²) in [6.45, 7) is 0. The van der Waals surface area contributed by atoms with Crippen molar-refractivity contribution in [1.29, 1.82) is 0 Å². The van der Waals surface area contributed by atoms with E-state index in [0.29, 0.717) is 11.0 Å². The fourth-order valence-corrected chi connectivity index (χ4v) is 3.29. The average molecular weight is 403 g/mol. The monoisotopic (exact) mass is 402 g/mol. The predicted molar refractivity (Wildman–Crippen MR) is 100 cm³/mol. The fraction of sp³-hybridized carbons (Fsp3) is 0.118. The van der Waals surface area contributed by atoms with Gasteiger partial charge in [0.05, 0.1) is 5.75 Å². The highest BCUT2D eigenvalue weighted by Crippen LogP contribution is 2.26. The van der Waals surface area contributed by atoms with Gasteiger partial charge in [0.25, 0.3) is 0 Å². The van der Waals surface area contributed by atoms with Crippen molar-refractivity contribution in [2.75, 3.05) is 17.7 Å². The zero-order valence-electron chi connectivity index (χ0n) is 12.9. The highest BCUT2D eigenvalue weighted by molar-refractivity contribution is 9.10. The molecule has 1 N–H and O–H groups in total. The van der Waals surface area contributed by atoms with Crippen LogP contribution in [-0.2, 0) is 4.79 Å². The first-order chi connectivity index (χ1) is 11.6. The van der Waals surface area contributed by atoms with Crippen LogP contribution in [0.1, 0.15) is 0 Å². The van der Waals surface area contributed by atoms with Gasteiger partial charge in [-0.3, -0.25) is 9.89 Å². The molecule has 0 aliphatic carbocycles. The van der Waals surface area contributed by atoms with E-state index in [4.69, 9.17) is 0 Å². The zero-order valence-corrected chi connectivity index (χ0v) is 15.3. The maximum absolute atomic E-state index is 12.3. The van der Waals surface area contributed by atoms with Crippen molar-refractivity contribution in [3.8, 4) is 11.4 Å². The molecular formula is C17H15BrN4OS. The fourth-order valence-electron chi connectivity index (χ4n) is 2.10. The SMILES string of the molecule is CN(C(=O)CSc1n[nH]c(-c2ccccc2Br)n1)c1ccccc1. The number of nitrogens with zero attached hydrogens (tertiary/aromatic N) is 3. The highest BCUT2D eigenvalue weighted by atomic mass is 79.9. The van der Waals surface area contributed by atoms with Gasteiger partial charge in [-0.25, -0.2) is 4.98 Å². The zero-order chi connectivity index (χ0) is 16.9. The molecule has 0 bridgehead atoms. The van der Waals surface area contributed by atoms with Crippen molar-refractivity contribution in [3.05, 3.63) is 59.1 Å². The number of H-pyrrole nitrogens is 1. The van der Waals surface area contributed by atoms with Gasteiger partial charge in [0.1, 0.15) is 0 Å². The Bertz CT molecular complexity index is 837. The van der Waals surface area contributed by atoms with Crippen LogP contribution in [0.25, 0.3) is 11.4 Å². The lowest BCUT2D eigenvalue weighted by atomic mass is 10.2. The van der Waals surface area contributed by atoms with Gasteiger partial charge in [-0.1, -0.05) is 64.1 Å². The molecule has 0 saturated heterocycles. The summed E-state index contributed by atoms with van der Waals surface area (Å²) in [6, 6.07) is 17.3. The quantitative estimate of drug-likeness (QED) is 0.655. The number of carbonyl (C=O) groups excluding carboxylic acids is 1. The molecular weight excluding hydrogens is 388 g/mol. The highest BCUT2D eigenvalue weighted by Gasteiger charge is 2.14. The van der Waals surface area contributed by atoms with Gasteiger partial charge in [0, 0.05) is 22.8 Å². The van der Waals surface area contributed by atoms with Gasteiger partial charge >= 0.3 is 0 Å². The van der Waals surface area contributed by atoms with Crippen molar-refractivity contribution in [2.24, 2.45) is 0 Å². The van der Waals surface area contributed by atoms with E-state index in [1.165, 1.54) is 11.8 Å². The summed E-state index contributed by atoms with van der Waals surface area (Å²) in [5.41, 5.74) is 1.80. The third-order valence-electron chi connectivity index (χ3n) is 3.44. The largest absolute Gasteiger partial charge is 0.315 e. The number of nitrogens with one attached hydrogen (secondary N) is 1. The van der Waals surface area contributed by atoms with Crippen LogP contribution in [0.5, 0.6) is 0 Å². The van der Waals surface area contributed by atoms with Gasteiger partial charge in [-0.15, -0.1) is 5.10 Å². The second-order valence-corrected chi connectivity index (χ2v) is 6.82. The standard InChI is InChI=1S/C17H15BrN4OS/c1-22(12-7-3-2-4-8-12)15(23)11-24-17-19-16(20-21-17)13-9-5-6-10-14(13)18/h2-10H,11H2,1H3,(H,19,20,21). The molecule has 0 spiro atoms. The maximum Gasteiger partial charge on any atom is 0.237 e. The molecule has 7 heteroatoms. The number of carbonyl (C=O) groups is 1. The summed E-state index contributed by atoms with van der Waals surface area (Å²) in [4.78, 5) is 18.4. The van der Waals surface area contributed by atoms with Crippen LogP contribution in [0, 0.1) is 0 Å². The first-order valence-electron chi connectivity index (χ1n) is 7.27. The molecule has 0 aliphatic rings. The minimum Gasteiger partial charge on any atom is -0.315 e. The van der Waals surface area contributed by atoms with Crippen LogP contribution in [0.3, 0.4) is 0 Å². The van der Waals surface area contributed by atoms with Gasteiger partial charge < -0.3 is 4.90 Å². The van der Waals surface area contributed by atoms with E-state index >= 15 is 0 Å². The molecule has 0 aliphatic heterocycles. The van der Waals surface area contributed by atoms with E-state index in [0.717, 1.165) is 15.7 Å². The molecule has 0 atom stereocenters. The van der Waals surface area contributed by atoms with Crippen LogP contribution >= 0.6 is 27.7 Å². The number of anilines is 1. The number of halogens is 1. The summed E-state index contributed by atoms with van der Waals surface area (Å²) in [5, 5.41) is 7.64. The molecule has 0 radical (unpaired) electrons. The first-order valence-corrected chi connectivity index (χ1v) is 9.04. The van der Waals surface area contributed by atoms with E-state index in [1.807, 2.05) is 54.6 Å². The Kier molecular flexibility index (Phi) is 5.32. The number of hydrogen-bond acceptors (Lipinski definition) is 4. The van der Waals surface area contributed by atoms with Crippen LogP contribution in [0.4, 0.5) is 5.69 Å². The van der Waals surface area contributed by atoms with E-state index in [1.54, 1.807) is 11.9 Å². The Morgan fingerprint density at radius 2 is 1.88 bits per heavy atom. The molecule has 3 rings (SSSR count). The summed E-state index contributed by atoms with van der Waals surface area (Å²) in [5.74, 6) is 0.950. The molecule has 1 aromatic heterocycles. The number of para-hydroxylation sites is 1. The molecule has 24 heavy (non-hydrogen) atoms. The van der Waals surface area contributed by atoms with Crippen LogP contribution < -0.4 is 4.90 Å². The van der Waals surface area contributed by atoms with Crippen molar-refractivity contribution in [3.63, 3.8) is 0 Å². The van der Waals surface area contributed by atoms with Crippen LogP contribution in [0.2, 0.25) is 0 Å². The first kappa shape index (κ1) is 16.7. The number of amides is 1. The van der Waals surface area contributed by atoms with Crippen molar-refractivity contribution >= 4 is 39.3 Å². The van der Waals surface area contributed by atoms with Crippen molar-refractivity contribution in [2.45, 2.75) is 5.16 Å². The maximum atomic E-state index is 12.3. The summed E-state index contributed by atoms with van der Waals surface area (Å²) in [7, 11) is 1.77. The lowest BCUT2D eigenvalue weighted by Gasteiger charge is -2.16. The molecule has 3 aromatic rings. The Morgan fingerprint density at radius 1 is 1.17 bits per heavy atom. The number of thioether (sulfide) groups is 1. The number of benzene rings is 2. The summed E-state index contributed by atoms with van der Waals surface area (Å²) < 4.78 is 0.942. The number of aromatic nitrogens is 3. The van der Waals surface area contributed by atoms with Gasteiger partial charge in [0.2, 0.25) is 11.1 Å². The Morgan fingerprint density at radius 3 is 2.62 bits per heavy atom. The summed E-state index contributed by atoms with van der Waals surface area (Å²) in [6.07, 6.45) is 0. The number of rotatable bonds is 5. The third kappa shape index (κ3) is 3.85. The number of aromatic amines is 1. The van der Waals surface area contributed by atoms with E-state index in [-0.39, 0.29) is 11.7 Å². The second-order valence-electron chi connectivity index (χ2n) is 5.02. The van der Waals surface area contributed by atoms with Crippen molar-refractivity contribution < 1.29 is 4.79 Å². The molecule has 0 fully saturated rings. The van der Waals surface area contributed by atoms with Crippen LogP contribution in [0.15, 0.2) is 64.2 Å². The molecule has 122 valence electrons. The summed E-state index contributed by atoms with van der Waals surface area (Å²) >= 11 is 4.81. The topological polar surface area (TPSA) is 61.9 Å². The lowest BCUT2D eigenvalue weighted by Crippen LogP contribution is -2.27. The average Bonchev–Trinajstić information content (AvgIpc) is 3.09. The van der Waals surface area contributed by atoms with Gasteiger partial charge in [0.15, 0.2) is 5.82 Å². The molecule has 5 nitrogen and oxygen atoms in total. The van der Waals surface area contributed by atoms with Gasteiger partial charge in [-0.05, 0) is 18.2 Å². The number of hydrogen-bond donors (Lipinski definition) is 1. The van der Waals surface area contributed by atoms with E-state index in [2.05, 4.69) is 31.1 Å². The minimum atomic E-state index is -0.00144. The predicted octanol–water partition coefficient (Wildman–Crippen LogP) is 3.99. The van der Waals surface area contributed by atoms with Crippen molar-refractivity contribution in [1.82, 2.24) is 15.2 Å². The normalized spacial score (nSPS) is 10.6. The Balaban J connectivity index is 1.64. The molecule has 1 amide bonds. The minimum absolute atomic E-state index is 0.00144. The third-order valence-corrected chi connectivity index (χ3v) is 4.96. The lowest BCUT2D eigenvalue weighted by molar-refractivity contribution is -0.115. The molecule has 1 heterocycles. The molecule has 0 saturated carbocycles.